The van der Waals surface area contributed by atoms with Crippen molar-refractivity contribution in [3.63, 3.8) is 0 Å². The first-order chi connectivity index (χ1) is 5.70. The molecule has 12 heavy (non-hydrogen) atoms. The molecule has 0 aromatic carbocycles. The molecule has 5 heteroatoms. The highest BCUT2D eigenvalue weighted by Gasteiger charge is 2.04. The van der Waals surface area contributed by atoms with Crippen molar-refractivity contribution in [3.05, 3.63) is 6.33 Å². The van der Waals surface area contributed by atoms with Crippen LogP contribution in [0.2, 0.25) is 0 Å². The molecule has 1 N–H and O–H groups in total. The lowest BCUT2D eigenvalue weighted by Crippen LogP contribution is -2.31. The van der Waals surface area contributed by atoms with E-state index in [0.29, 0.717) is 6.04 Å². The SMILES string of the molecule is CC(CNc1ncns1)N(C)C. The molecule has 0 saturated heterocycles. The van der Waals surface area contributed by atoms with E-state index >= 15 is 0 Å². The standard InChI is InChI=1S/C7H14N4S/c1-6(11(2)3)4-8-7-9-5-10-12-7/h5-6H,4H2,1-3H3,(H,8,9,10). The Morgan fingerprint density at radius 2 is 2.42 bits per heavy atom. The Labute approximate surface area is 76.8 Å². The highest BCUT2D eigenvalue weighted by atomic mass is 32.1. The zero-order chi connectivity index (χ0) is 8.97. The predicted octanol–water partition coefficient (Wildman–Crippen LogP) is 0.900. The minimum atomic E-state index is 0.508. The van der Waals surface area contributed by atoms with Gasteiger partial charge in [0.15, 0.2) is 0 Å². The molecule has 68 valence electrons. The molecule has 1 aromatic heterocycles. The topological polar surface area (TPSA) is 41.1 Å². The van der Waals surface area contributed by atoms with Gasteiger partial charge in [0.2, 0.25) is 5.13 Å². The van der Waals surface area contributed by atoms with Crippen LogP contribution >= 0.6 is 11.5 Å². The summed E-state index contributed by atoms with van der Waals surface area (Å²) in [6, 6.07) is 0.508. The third-order valence-corrected chi connectivity index (χ3v) is 2.41. The lowest BCUT2D eigenvalue weighted by atomic mass is 10.3. The fraction of sp³-hybridized carbons (Fsp3) is 0.714. The number of nitrogens with zero attached hydrogens (tertiary/aromatic N) is 3. The molecule has 1 rings (SSSR count). The summed E-state index contributed by atoms with van der Waals surface area (Å²) in [6.45, 7) is 3.07. The second-order valence-corrected chi connectivity index (χ2v) is 3.72. The zero-order valence-corrected chi connectivity index (χ0v) is 8.43. The lowest BCUT2D eigenvalue weighted by molar-refractivity contribution is 0.326. The Balaban J connectivity index is 2.27. The van der Waals surface area contributed by atoms with Crippen LogP contribution in [0.25, 0.3) is 0 Å². The lowest BCUT2D eigenvalue weighted by Gasteiger charge is -2.19. The molecule has 0 saturated carbocycles. The molecule has 1 heterocycles. The van der Waals surface area contributed by atoms with Crippen molar-refractivity contribution in [2.45, 2.75) is 13.0 Å². The maximum absolute atomic E-state index is 4.03. The molecule has 0 aliphatic rings. The first-order valence-electron chi connectivity index (χ1n) is 3.87. The van der Waals surface area contributed by atoms with Crippen molar-refractivity contribution in [2.75, 3.05) is 26.0 Å². The Hall–Kier alpha value is -0.680. The van der Waals surface area contributed by atoms with Gasteiger partial charge in [-0.15, -0.1) is 0 Å². The Kier molecular flexibility index (Phi) is 3.43. The van der Waals surface area contributed by atoms with Gasteiger partial charge in [-0.05, 0) is 21.0 Å². The number of rotatable bonds is 4. The van der Waals surface area contributed by atoms with Crippen LogP contribution < -0.4 is 5.32 Å². The first kappa shape index (κ1) is 9.41. The van der Waals surface area contributed by atoms with Gasteiger partial charge in [0.05, 0.1) is 0 Å². The fourth-order valence-electron chi connectivity index (χ4n) is 0.669. The highest BCUT2D eigenvalue weighted by Crippen LogP contribution is 2.06. The highest BCUT2D eigenvalue weighted by molar-refractivity contribution is 7.09. The van der Waals surface area contributed by atoms with Crippen molar-refractivity contribution in [1.82, 2.24) is 14.3 Å². The average molecular weight is 186 g/mol. The molecule has 0 spiro atoms. The quantitative estimate of drug-likeness (QED) is 0.758. The van der Waals surface area contributed by atoms with Gasteiger partial charge >= 0.3 is 0 Å². The molecule has 1 unspecified atom stereocenters. The number of hydrogen-bond acceptors (Lipinski definition) is 5. The van der Waals surface area contributed by atoms with E-state index in [1.807, 2.05) is 0 Å². The van der Waals surface area contributed by atoms with Crippen molar-refractivity contribution in [1.29, 1.82) is 0 Å². The minimum absolute atomic E-state index is 0.508. The van der Waals surface area contributed by atoms with Gasteiger partial charge in [0.25, 0.3) is 0 Å². The van der Waals surface area contributed by atoms with Crippen LogP contribution in [0.5, 0.6) is 0 Å². The van der Waals surface area contributed by atoms with Gasteiger partial charge < -0.3 is 10.2 Å². The van der Waals surface area contributed by atoms with Gasteiger partial charge in [0.1, 0.15) is 6.33 Å². The Morgan fingerprint density at radius 3 is 2.92 bits per heavy atom. The molecular weight excluding hydrogens is 172 g/mol. The number of nitrogens with one attached hydrogen (secondary N) is 1. The molecule has 1 atom stereocenters. The van der Waals surface area contributed by atoms with Crippen LogP contribution in [-0.2, 0) is 0 Å². The minimum Gasteiger partial charge on any atom is -0.359 e. The zero-order valence-electron chi connectivity index (χ0n) is 7.61. The summed E-state index contributed by atoms with van der Waals surface area (Å²) in [5.74, 6) is 0. The van der Waals surface area contributed by atoms with E-state index in [1.54, 1.807) is 6.33 Å². The normalized spacial score (nSPS) is 13.3. The van der Waals surface area contributed by atoms with E-state index in [9.17, 15) is 0 Å². The molecule has 0 radical (unpaired) electrons. The summed E-state index contributed by atoms with van der Waals surface area (Å²) in [5.41, 5.74) is 0. The average Bonchev–Trinajstić information content (AvgIpc) is 2.51. The van der Waals surface area contributed by atoms with Gasteiger partial charge in [0, 0.05) is 24.1 Å². The Bertz CT molecular complexity index is 209. The van der Waals surface area contributed by atoms with Gasteiger partial charge in [-0.2, -0.15) is 4.37 Å². The van der Waals surface area contributed by atoms with E-state index in [4.69, 9.17) is 0 Å². The summed E-state index contributed by atoms with van der Waals surface area (Å²) in [7, 11) is 4.12. The van der Waals surface area contributed by atoms with Crippen LogP contribution in [0.3, 0.4) is 0 Å². The van der Waals surface area contributed by atoms with Crippen molar-refractivity contribution in [3.8, 4) is 0 Å². The monoisotopic (exact) mass is 186 g/mol. The second-order valence-electron chi connectivity index (χ2n) is 2.94. The maximum Gasteiger partial charge on any atom is 0.202 e. The number of hydrogen-bond donors (Lipinski definition) is 1. The molecule has 0 bridgehead atoms. The summed E-state index contributed by atoms with van der Waals surface area (Å²) < 4.78 is 3.90. The van der Waals surface area contributed by atoms with E-state index in [1.165, 1.54) is 11.5 Å². The van der Waals surface area contributed by atoms with Crippen LogP contribution in [0.1, 0.15) is 6.92 Å². The number of anilines is 1. The van der Waals surface area contributed by atoms with Crippen LogP contribution in [0, 0.1) is 0 Å². The predicted molar refractivity (Wildman–Crippen MR) is 51.5 cm³/mol. The van der Waals surface area contributed by atoms with Gasteiger partial charge in [-0.3, -0.25) is 0 Å². The molecule has 1 aromatic rings. The van der Waals surface area contributed by atoms with E-state index in [2.05, 4.69) is 40.6 Å². The molecular formula is C7H14N4S. The summed E-state index contributed by atoms with van der Waals surface area (Å²) in [5, 5.41) is 4.10. The van der Waals surface area contributed by atoms with E-state index < -0.39 is 0 Å². The van der Waals surface area contributed by atoms with Crippen LogP contribution in [0.15, 0.2) is 6.33 Å². The summed E-state index contributed by atoms with van der Waals surface area (Å²) in [4.78, 5) is 6.19. The molecule has 0 amide bonds. The summed E-state index contributed by atoms with van der Waals surface area (Å²) >= 11 is 1.39. The van der Waals surface area contributed by atoms with Crippen molar-refractivity contribution >= 4 is 16.7 Å². The maximum atomic E-state index is 4.03. The van der Waals surface area contributed by atoms with E-state index in [0.717, 1.165) is 11.7 Å². The smallest absolute Gasteiger partial charge is 0.202 e. The Morgan fingerprint density at radius 1 is 1.67 bits per heavy atom. The molecule has 4 nitrogen and oxygen atoms in total. The fourth-order valence-corrected chi connectivity index (χ4v) is 1.10. The molecule has 0 aliphatic carbocycles. The van der Waals surface area contributed by atoms with Crippen molar-refractivity contribution in [2.24, 2.45) is 0 Å². The second kappa shape index (κ2) is 4.37. The number of likely N-dealkylation sites (N-methyl/N-ethyl adjacent to an activating group) is 1. The van der Waals surface area contributed by atoms with Crippen molar-refractivity contribution < 1.29 is 0 Å². The third-order valence-electron chi connectivity index (χ3n) is 1.79. The molecule has 0 fully saturated rings. The van der Waals surface area contributed by atoms with Crippen LogP contribution in [-0.4, -0.2) is 40.9 Å². The van der Waals surface area contributed by atoms with Gasteiger partial charge in [-0.1, -0.05) is 0 Å². The van der Waals surface area contributed by atoms with Crippen LogP contribution in [0.4, 0.5) is 5.13 Å². The van der Waals surface area contributed by atoms with E-state index in [-0.39, 0.29) is 0 Å². The first-order valence-corrected chi connectivity index (χ1v) is 4.64. The summed E-state index contributed by atoms with van der Waals surface area (Å²) in [6.07, 6.45) is 1.56. The third kappa shape index (κ3) is 2.75. The molecule has 0 aliphatic heterocycles. The van der Waals surface area contributed by atoms with Gasteiger partial charge in [-0.25, -0.2) is 4.98 Å². The number of aromatic nitrogens is 2. The largest absolute Gasteiger partial charge is 0.359 e.